The average molecular weight is 347 g/mol. The lowest BCUT2D eigenvalue weighted by atomic mass is 10.1. The number of amides is 1. The molecule has 3 nitrogen and oxygen atoms in total. The van der Waals surface area contributed by atoms with Crippen molar-refractivity contribution in [1.82, 2.24) is 9.88 Å². The van der Waals surface area contributed by atoms with Gasteiger partial charge in [-0.1, -0.05) is 36.8 Å². The first-order valence-electron chi connectivity index (χ1n) is 7.06. The van der Waals surface area contributed by atoms with E-state index in [2.05, 4.69) is 59.0 Å². The number of pyridine rings is 1. The van der Waals surface area contributed by atoms with Crippen LogP contribution in [0.25, 0.3) is 0 Å². The number of benzene rings is 1. The van der Waals surface area contributed by atoms with Crippen LogP contribution >= 0.6 is 15.9 Å². The summed E-state index contributed by atoms with van der Waals surface area (Å²) in [6, 6.07) is 11.9. The van der Waals surface area contributed by atoms with Crippen molar-refractivity contribution in [3.63, 3.8) is 0 Å². The standard InChI is InChI=1S/C17H19BrN2O/c1-3-10-20(12-14-6-4-13(2)5-7-14)17(21)16-9-8-15(18)11-19-16/h4-9,11H,3,10,12H2,1-2H3. The second-order valence-corrected chi connectivity index (χ2v) is 5.99. The second-order valence-electron chi connectivity index (χ2n) is 5.07. The van der Waals surface area contributed by atoms with Gasteiger partial charge in [-0.05, 0) is 47.0 Å². The fourth-order valence-corrected chi connectivity index (χ4v) is 2.34. The van der Waals surface area contributed by atoms with Crippen LogP contribution in [0.15, 0.2) is 47.1 Å². The molecule has 0 radical (unpaired) electrons. The van der Waals surface area contributed by atoms with Gasteiger partial charge in [0, 0.05) is 23.8 Å². The molecule has 2 aromatic rings. The fourth-order valence-electron chi connectivity index (χ4n) is 2.10. The highest BCUT2D eigenvalue weighted by Gasteiger charge is 2.16. The number of hydrogen-bond acceptors (Lipinski definition) is 2. The summed E-state index contributed by atoms with van der Waals surface area (Å²) in [4.78, 5) is 18.6. The summed E-state index contributed by atoms with van der Waals surface area (Å²) in [7, 11) is 0. The molecule has 0 N–H and O–H groups in total. The Morgan fingerprint density at radius 1 is 1.19 bits per heavy atom. The predicted octanol–water partition coefficient (Wildman–Crippen LogP) is 4.20. The molecule has 4 heteroatoms. The van der Waals surface area contributed by atoms with Gasteiger partial charge < -0.3 is 4.90 Å². The number of carbonyl (C=O) groups excluding carboxylic acids is 1. The van der Waals surface area contributed by atoms with E-state index in [1.807, 2.05) is 11.0 Å². The molecule has 1 aromatic heterocycles. The van der Waals surface area contributed by atoms with Crippen molar-refractivity contribution in [2.45, 2.75) is 26.8 Å². The third-order valence-electron chi connectivity index (χ3n) is 3.22. The molecule has 0 fully saturated rings. The van der Waals surface area contributed by atoms with Gasteiger partial charge in [-0.15, -0.1) is 0 Å². The monoisotopic (exact) mass is 346 g/mol. The van der Waals surface area contributed by atoms with E-state index in [1.165, 1.54) is 5.56 Å². The minimum Gasteiger partial charge on any atom is -0.333 e. The number of rotatable bonds is 5. The van der Waals surface area contributed by atoms with Gasteiger partial charge >= 0.3 is 0 Å². The molecule has 2 rings (SSSR count). The molecule has 0 aliphatic carbocycles. The normalized spacial score (nSPS) is 10.4. The third kappa shape index (κ3) is 4.39. The van der Waals surface area contributed by atoms with Crippen LogP contribution in [-0.2, 0) is 6.54 Å². The molecular weight excluding hydrogens is 328 g/mol. The van der Waals surface area contributed by atoms with E-state index in [1.54, 1.807) is 12.3 Å². The Bertz CT molecular complexity index is 593. The van der Waals surface area contributed by atoms with Crippen molar-refractivity contribution in [3.05, 3.63) is 63.9 Å². The van der Waals surface area contributed by atoms with Gasteiger partial charge in [0.25, 0.3) is 5.91 Å². The first kappa shape index (κ1) is 15.7. The van der Waals surface area contributed by atoms with Gasteiger partial charge in [0.05, 0.1) is 0 Å². The summed E-state index contributed by atoms with van der Waals surface area (Å²) in [5, 5.41) is 0. The second kappa shape index (κ2) is 7.36. The van der Waals surface area contributed by atoms with Crippen LogP contribution in [0.3, 0.4) is 0 Å². The molecule has 21 heavy (non-hydrogen) atoms. The Morgan fingerprint density at radius 2 is 1.90 bits per heavy atom. The molecule has 0 spiro atoms. The molecule has 0 unspecified atom stereocenters. The van der Waals surface area contributed by atoms with Gasteiger partial charge in [-0.25, -0.2) is 4.98 Å². The number of halogens is 1. The van der Waals surface area contributed by atoms with E-state index in [0.29, 0.717) is 12.2 Å². The van der Waals surface area contributed by atoms with Crippen molar-refractivity contribution in [2.75, 3.05) is 6.54 Å². The topological polar surface area (TPSA) is 33.2 Å². The van der Waals surface area contributed by atoms with Crippen LogP contribution in [0, 0.1) is 6.92 Å². The minimum absolute atomic E-state index is 0.0232. The number of hydrogen-bond donors (Lipinski definition) is 0. The summed E-state index contributed by atoms with van der Waals surface area (Å²) >= 11 is 3.34. The fraction of sp³-hybridized carbons (Fsp3) is 0.294. The highest BCUT2D eigenvalue weighted by molar-refractivity contribution is 9.10. The maximum absolute atomic E-state index is 12.6. The molecule has 0 aliphatic heterocycles. The third-order valence-corrected chi connectivity index (χ3v) is 3.69. The Balaban J connectivity index is 2.15. The van der Waals surface area contributed by atoms with Crippen molar-refractivity contribution in [2.24, 2.45) is 0 Å². The summed E-state index contributed by atoms with van der Waals surface area (Å²) in [5.41, 5.74) is 2.85. The lowest BCUT2D eigenvalue weighted by Crippen LogP contribution is -2.31. The van der Waals surface area contributed by atoms with E-state index < -0.39 is 0 Å². The van der Waals surface area contributed by atoms with Crippen molar-refractivity contribution < 1.29 is 4.79 Å². The van der Waals surface area contributed by atoms with Crippen LogP contribution in [0.4, 0.5) is 0 Å². The van der Waals surface area contributed by atoms with E-state index in [-0.39, 0.29) is 5.91 Å². The zero-order valence-electron chi connectivity index (χ0n) is 12.3. The van der Waals surface area contributed by atoms with E-state index >= 15 is 0 Å². The predicted molar refractivity (Wildman–Crippen MR) is 88.1 cm³/mol. The molecular formula is C17H19BrN2O. The first-order chi connectivity index (χ1) is 10.1. The molecule has 0 aliphatic rings. The van der Waals surface area contributed by atoms with Gasteiger partial charge in [0.1, 0.15) is 5.69 Å². The smallest absolute Gasteiger partial charge is 0.272 e. The summed E-state index contributed by atoms with van der Waals surface area (Å²) in [5.74, 6) is -0.0232. The molecule has 0 saturated carbocycles. The lowest BCUT2D eigenvalue weighted by Gasteiger charge is -2.22. The zero-order chi connectivity index (χ0) is 15.2. The van der Waals surface area contributed by atoms with Gasteiger partial charge in [0.15, 0.2) is 0 Å². The van der Waals surface area contributed by atoms with Crippen LogP contribution in [0.1, 0.15) is 35.0 Å². The average Bonchev–Trinajstić information content (AvgIpc) is 2.49. The van der Waals surface area contributed by atoms with Gasteiger partial charge in [-0.2, -0.15) is 0 Å². The Hall–Kier alpha value is -1.68. The highest BCUT2D eigenvalue weighted by atomic mass is 79.9. The molecule has 0 bridgehead atoms. The largest absolute Gasteiger partial charge is 0.333 e. The summed E-state index contributed by atoms with van der Waals surface area (Å²) in [6.45, 7) is 5.48. The van der Waals surface area contributed by atoms with Crippen LogP contribution in [0.2, 0.25) is 0 Å². The Labute approximate surface area is 134 Å². The van der Waals surface area contributed by atoms with Crippen molar-refractivity contribution in [3.8, 4) is 0 Å². The van der Waals surface area contributed by atoms with Crippen molar-refractivity contribution in [1.29, 1.82) is 0 Å². The number of carbonyl (C=O) groups is 1. The Kier molecular flexibility index (Phi) is 5.51. The highest BCUT2D eigenvalue weighted by Crippen LogP contribution is 2.13. The summed E-state index contributed by atoms with van der Waals surface area (Å²) in [6.07, 6.45) is 2.58. The SMILES string of the molecule is CCCN(Cc1ccc(C)cc1)C(=O)c1ccc(Br)cn1. The van der Waals surface area contributed by atoms with Gasteiger partial charge in [-0.3, -0.25) is 4.79 Å². The van der Waals surface area contributed by atoms with Crippen LogP contribution < -0.4 is 0 Å². The van der Waals surface area contributed by atoms with Gasteiger partial charge in [0.2, 0.25) is 0 Å². The quantitative estimate of drug-likeness (QED) is 0.812. The minimum atomic E-state index is -0.0232. The van der Waals surface area contributed by atoms with E-state index in [0.717, 1.165) is 23.0 Å². The maximum atomic E-state index is 12.6. The molecule has 1 aromatic carbocycles. The van der Waals surface area contributed by atoms with E-state index in [9.17, 15) is 4.79 Å². The molecule has 0 saturated heterocycles. The number of aromatic nitrogens is 1. The number of aryl methyl sites for hydroxylation is 1. The van der Waals surface area contributed by atoms with E-state index in [4.69, 9.17) is 0 Å². The van der Waals surface area contributed by atoms with Crippen LogP contribution in [-0.4, -0.2) is 22.3 Å². The summed E-state index contributed by atoms with van der Waals surface area (Å²) < 4.78 is 0.875. The molecule has 1 heterocycles. The molecule has 110 valence electrons. The maximum Gasteiger partial charge on any atom is 0.272 e. The molecule has 1 amide bonds. The van der Waals surface area contributed by atoms with Crippen molar-refractivity contribution >= 4 is 21.8 Å². The zero-order valence-corrected chi connectivity index (χ0v) is 13.9. The first-order valence-corrected chi connectivity index (χ1v) is 7.86. The lowest BCUT2D eigenvalue weighted by molar-refractivity contribution is 0.0737. The van der Waals surface area contributed by atoms with Crippen LogP contribution in [0.5, 0.6) is 0 Å². The molecule has 0 atom stereocenters. The number of nitrogens with zero attached hydrogens (tertiary/aromatic N) is 2. The Morgan fingerprint density at radius 3 is 2.48 bits per heavy atom.